The smallest absolute Gasteiger partial charge is 0.230 e. The highest BCUT2D eigenvalue weighted by atomic mass is 16.5. The second-order valence-corrected chi connectivity index (χ2v) is 6.08. The number of amides is 1. The van der Waals surface area contributed by atoms with E-state index in [9.17, 15) is 4.79 Å². The maximum Gasteiger partial charge on any atom is 0.230 e. The maximum absolute atomic E-state index is 12.8. The molecule has 4 heteroatoms. The van der Waals surface area contributed by atoms with Gasteiger partial charge in [-0.3, -0.25) is 4.79 Å². The summed E-state index contributed by atoms with van der Waals surface area (Å²) in [6.07, 6.45) is 2.01. The minimum absolute atomic E-state index is 0.0150. The summed E-state index contributed by atoms with van der Waals surface area (Å²) < 4.78 is 5.66. The lowest BCUT2D eigenvalue weighted by Crippen LogP contribution is -2.38. The Bertz CT molecular complexity index is 519. The van der Waals surface area contributed by atoms with E-state index < -0.39 is 0 Å². The van der Waals surface area contributed by atoms with Crippen LogP contribution in [0.5, 0.6) is 5.75 Å². The number of fused-ring (bicyclic) bond motifs is 2. The molecule has 3 atom stereocenters. The van der Waals surface area contributed by atoms with Crippen LogP contribution in [-0.4, -0.2) is 43.1 Å². The number of carbonyl (C=O) groups is 1. The number of carbonyl (C=O) groups excluding carboxylic acids is 1. The molecule has 1 amide bonds. The van der Waals surface area contributed by atoms with Gasteiger partial charge in [0, 0.05) is 24.7 Å². The van der Waals surface area contributed by atoms with Gasteiger partial charge in [-0.05, 0) is 31.4 Å². The van der Waals surface area contributed by atoms with Crippen molar-refractivity contribution < 1.29 is 9.53 Å². The third-order valence-corrected chi connectivity index (χ3v) is 4.93. The van der Waals surface area contributed by atoms with Gasteiger partial charge >= 0.3 is 0 Å². The molecule has 2 saturated heterocycles. The van der Waals surface area contributed by atoms with E-state index >= 15 is 0 Å². The van der Waals surface area contributed by atoms with Crippen molar-refractivity contribution in [1.82, 2.24) is 10.2 Å². The number of hydrogen-bond donors (Lipinski definition) is 1. The first-order valence-electron chi connectivity index (χ1n) is 7.57. The van der Waals surface area contributed by atoms with E-state index in [-0.39, 0.29) is 11.8 Å². The van der Waals surface area contributed by atoms with Crippen LogP contribution in [0.15, 0.2) is 24.3 Å². The highest BCUT2D eigenvalue weighted by Crippen LogP contribution is 2.36. The summed E-state index contributed by atoms with van der Waals surface area (Å²) in [7, 11) is 0. The molecule has 0 radical (unpaired) electrons. The molecule has 4 rings (SSSR count). The van der Waals surface area contributed by atoms with E-state index in [4.69, 9.17) is 4.74 Å². The lowest BCUT2D eigenvalue weighted by Gasteiger charge is -2.29. The van der Waals surface area contributed by atoms with Crippen molar-refractivity contribution in [2.24, 2.45) is 5.92 Å². The Hall–Kier alpha value is -1.55. The number of nitrogens with zero attached hydrogens (tertiary/aromatic N) is 1. The van der Waals surface area contributed by atoms with Gasteiger partial charge in [-0.1, -0.05) is 18.2 Å². The zero-order valence-electron chi connectivity index (χ0n) is 11.5. The molecular formula is C16H20N2O2. The molecule has 4 nitrogen and oxygen atoms in total. The summed E-state index contributed by atoms with van der Waals surface area (Å²) in [6.45, 7) is 3.56. The van der Waals surface area contributed by atoms with Gasteiger partial charge in [0.05, 0.1) is 12.5 Å². The molecule has 0 aromatic heterocycles. The van der Waals surface area contributed by atoms with Crippen LogP contribution in [0.3, 0.4) is 0 Å². The summed E-state index contributed by atoms with van der Waals surface area (Å²) in [5.41, 5.74) is 1.06. The molecule has 1 aromatic carbocycles. The second kappa shape index (κ2) is 4.77. The van der Waals surface area contributed by atoms with Crippen LogP contribution in [0, 0.1) is 5.92 Å². The van der Waals surface area contributed by atoms with Gasteiger partial charge in [0.15, 0.2) is 0 Å². The summed E-state index contributed by atoms with van der Waals surface area (Å²) in [4.78, 5) is 14.9. The Balaban J connectivity index is 1.55. The third-order valence-electron chi connectivity index (χ3n) is 4.93. The molecule has 1 unspecified atom stereocenters. The predicted molar refractivity (Wildman–Crippen MR) is 75.8 cm³/mol. The minimum Gasteiger partial charge on any atom is -0.493 e. The minimum atomic E-state index is -0.0150. The maximum atomic E-state index is 12.8. The fourth-order valence-corrected chi connectivity index (χ4v) is 3.85. The normalized spacial score (nSPS) is 31.6. The molecule has 2 fully saturated rings. The van der Waals surface area contributed by atoms with Crippen LogP contribution in [0.4, 0.5) is 0 Å². The third kappa shape index (κ3) is 1.90. The Morgan fingerprint density at radius 2 is 2.15 bits per heavy atom. The van der Waals surface area contributed by atoms with Gasteiger partial charge < -0.3 is 15.0 Å². The fraction of sp³-hybridized carbons (Fsp3) is 0.562. The predicted octanol–water partition coefficient (Wildman–Crippen LogP) is 1.37. The highest BCUT2D eigenvalue weighted by molar-refractivity contribution is 5.85. The molecule has 20 heavy (non-hydrogen) atoms. The van der Waals surface area contributed by atoms with Crippen LogP contribution in [0.25, 0.3) is 0 Å². The summed E-state index contributed by atoms with van der Waals surface area (Å²) in [5, 5.41) is 3.51. The number of benzene rings is 1. The number of hydrogen-bond acceptors (Lipinski definition) is 3. The molecule has 106 valence electrons. The average Bonchev–Trinajstić information content (AvgIpc) is 3.07. The van der Waals surface area contributed by atoms with Gasteiger partial charge in [0.1, 0.15) is 5.75 Å². The van der Waals surface area contributed by atoms with Crippen LogP contribution in [0.2, 0.25) is 0 Å². The number of rotatable bonds is 1. The van der Waals surface area contributed by atoms with E-state index in [0.717, 1.165) is 37.4 Å². The van der Waals surface area contributed by atoms with Gasteiger partial charge in [-0.25, -0.2) is 0 Å². The summed E-state index contributed by atoms with van der Waals surface area (Å²) in [6, 6.07) is 8.49. The van der Waals surface area contributed by atoms with E-state index in [2.05, 4.69) is 10.2 Å². The largest absolute Gasteiger partial charge is 0.493 e. The van der Waals surface area contributed by atoms with Crippen molar-refractivity contribution in [2.45, 2.75) is 24.8 Å². The Labute approximate surface area is 119 Å². The van der Waals surface area contributed by atoms with Gasteiger partial charge in [-0.2, -0.15) is 0 Å². The van der Waals surface area contributed by atoms with Crippen molar-refractivity contribution in [3.63, 3.8) is 0 Å². The first-order valence-corrected chi connectivity index (χ1v) is 7.57. The first kappa shape index (κ1) is 12.2. The average molecular weight is 272 g/mol. The van der Waals surface area contributed by atoms with Crippen molar-refractivity contribution in [1.29, 1.82) is 0 Å². The molecule has 0 saturated carbocycles. The zero-order valence-corrected chi connectivity index (χ0v) is 11.5. The van der Waals surface area contributed by atoms with E-state index in [1.165, 1.54) is 6.42 Å². The molecule has 3 heterocycles. The van der Waals surface area contributed by atoms with Crippen LogP contribution in [-0.2, 0) is 4.79 Å². The molecular weight excluding hydrogens is 252 g/mol. The van der Waals surface area contributed by atoms with Crippen molar-refractivity contribution in [3.8, 4) is 5.75 Å². The molecule has 0 aliphatic carbocycles. The Kier molecular flexibility index (Phi) is 2.91. The second-order valence-electron chi connectivity index (χ2n) is 6.08. The van der Waals surface area contributed by atoms with Crippen molar-refractivity contribution in [3.05, 3.63) is 29.8 Å². The number of ether oxygens (including phenoxy) is 1. The van der Waals surface area contributed by atoms with Crippen molar-refractivity contribution in [2.75, 3.05) is 26.2 Å². The Morgan fingerprint density at radius 3 is 3.05 bits per heavy atom. The summed E-state index contributed by atoms with van der Waals surface area (Å²) >= 11 is 0. The monoisotopic (exact) mass is 272 g/mol. The molecule has 0 bridgehead atoms. The van der Waals surface area contributed by atoms with Crippen LogP contribution >= 0.6 is 0 Å². The standard InChI is InChI=1S/C16H20N2O2/c19-16(18-9-11-5-7-17-14(11)10-18)13-6-8-20-15-4-2-1-3-12(13)15/h1-4,11,13-14,17H,5-10H2/t11-,13?,14+/m0/s1. The number of nitrogens with one attached hydrogen (secondary N) is 1. The first-order chi connectivity index (χ1) is 9.83. The molecule has 1 N–H and O–H groups in total. The quantitative estimate of drug-likeness (QED) is 0.839. The lowest BCUT2D eigenvalue weighted by molar-refractivity contribution is -0.132. The number of para-hydroxylation sites is 1. The lowest BCUT2D eigenvalue weighted by atomic mass is 9.92. The zero-order chi connectivity index (χ0) is 13.5. The molecule has 3 aliphatic rings. The van der Waals surface area contributed by atoms with Gasteiger partial charge in [0.2, 0.25) is 5.91 Å². The number of likely N-dealkylation sites (tertiary alicyclic amines) is 1. The van der Waals surface area contributed by atoms with Gasteiger partial charge in [0.25, 0.3) is 0 Å². The van der Waals surface area contributed by atoms with Crippen LogP contribution < -0.4 is 10.1 Å². The van der Waals surface area contributed by atoms with Crippen molar-refractivity contribution >= 4 is 5.91 Å². The van der Waals surface area contributed by atoms with E-state index in [1.54, 1.807) is 0 Å². The van der Waals surface area contributed by atoms with Crippen LogP contribution in [0.1, 0.15) is 24.3 Å². The fourth-order valence-electron chi connectivity index (χ4n) is 3.85. The molecule has 0 spiro atoms. The summed E-state index contributed by atoms with van der Waals surface area (Å²) in [5.74, 6) is 1.82. The topological polar surface area (TPSA) is 41.6 Å². The highest BCUT2D eigenvalue weighted by Gasteiger charge is 2.40. The van der Waals surface area contributed by atoms with E-state index in [0.29, 0.717) is 18.6 Å². The molecule has 3 aliphatic heterocycles. The van der Waals surface area contributed by atoms with Gasteiger partial charge in [-0.15, -0.1) is 0 Å². The SMILES string of the molecule is O=C(C1CCOc2ccccc21)N1C[C@@H]2CCN[C@@H]2C1. The Morgan fingerprint density at radius 1 is 1.25 bits per heavy atom. The van der Waals surface area contributed by atoms with E-state index in [1.807, 2.05) is 24.3 Å². The molecule has 1 aromatic rings.